The minimum Gasteiger partial charge on any atom is -0.393 e. The van der Waals surface area contributed by atoms with Crippen LogP contribution in [0.25, 0.3) is 0 Å². The maximum atomic E-state index is 13.0. The van der Waals surface area contributed by atoms with Gasteiger partial charge < -0.3 is 45.8 Å². The first-order valence-corrected chi connectivity index (χ1v) is 19.7. The van der Waals surface area contributed by atoms with Crippen LogP contribution in [0.5, 0.6) is 0 Å². The summed E-state index contributed by atoms with van der Waals surface area (Å²) in [6, 6.07) is 8.74. The second-order valence-corrected chi connectivity index (χ2v) is 14.9. The predicted molar refractivity (Wildman–Crippen MR) is 228 cm³/mol. The van der Waals surface area contributed by atoms with Crippen LogP contribution in [-0.2, 0) is 17.1 Å². The number of aliphatic hydroxyl groups excluding tert-OH is 4. The lowest BCUT2D eigenvalue weighted by atomic mass is 10.1. The number of piperazine rings is 2. The van der Waals surface area contributed by atoms with Crippen molar-refractivity contribution in [2.24, 2.45) is 4.99 Å². The van der Waals surface area contributed by atoms with Crippen LogP contribution in [0.4, 0.5) is 54.1 Å². The number of isocyanates is 1. The Morgan fingerprint density at radius 1 is 0.730 bits per heavy atom. The number of alkyl halides is 6. The van der Waals surface area contributed by atoms with Gasteiger partial charge in [-0.3, -0.25) is 0 Å². The number of rotatable bonds is 8. The van der Waals surface area contributed by atoms with Gasteiger partial charge in [-0.1, -0.05) is 53.8 Å². The molecule has 6 N–H and O–H groups in total. The van der Waals surface area contributed by atoms with Crippen LogP contribution in [0.1, 0.15) is 41.9 Å². The molecule has 0 saturated carbocycles. The second kappa shape index (κ2) is 24.0. The minimum absolute atomic E-state index is 0. The highest BCUT2D eigenvalue weighted by atomic mass is 35.5. The molecule has 63 heavy (non-hydrogen) atoms. The van der Waals surface area contributed by atoms with Gasteiger partial charge in [0.05, 0.1) is 50.1 Å². The summed E-state index contributed by atoms with van der Waals surface area (Å²) in [5, 5.41) is 42.7. The van der Waals surface area contributed by atoms with Crippen LogP contribution in [0.3, 0.4) is 0 Å². The van der Waals surface area contributed by atoms with E-state index in [2.05, 4.69) is 30.5 Å². The fourth-order valence-corrected chi connectivity index (χ4v) is 6.84. The van der Waals surface area contributed by atoms with Crippen molar-refractivity contribution >= 4 is 81.5 Å². The largest absolute Gasteiger partial charge is 0.417 e. The Morgan fingerprint density at radius 3 is 1.63 bits per heavy atom. The van der Waals surface area contributed by atoms with Crippen molar-refractivity contribution in [1.82, 2.24) is 20.2 Å². The van der Waals surface area contributed by atoms with E-state index in [1.54, 1.807) is 12.3 Å². The van der Waals surface area contributed by atoms with Crippen LogP contribution < -0.4 is 20.4 Å². The predicted octanol–water partition coefficient (Wildman–Crippen LogP) is 7.92. The van der Waals surface area contributed by atoms with E-state index in [1.807, 2.05) is 4.90 Å². The topological polar surface area (TPSA) is 187 Å². The zero-order valence-corrected chi connectivity index (χ0v) is 35.1. The maximum absolute atomic E-state index is 13.0. The average molecular weight is 975 g/mol. The molecule has 2 fully saturated rings. The van der Waals surface area contributed by atoms with Gasteiger partial charge in [-0.25, -0.2) is 19.6 Å². The molecule has 2 aliphatic rings. The molecule has 14 nitrogen and oxygen atoms in total. The number of aliphatic imine (C=N–C) groups is 1. The molecular formula is C39H42Cl4F6N8O6. The molecule has 4 heterocycles. The fraction of sp³-hybridized carbons (Fsp3) is 0.385. The average Bonchev–Trinajstić information content (AvgIpc) is 3.24. The van der Waals surface area contributed by atoms with E-state index in [0.717, 1.165) is 56.3 Å². The molecular weight excluding hydrogens is 932 g/mol. The zero-order valence-electron chi connectivity index (χ0n) is 32.1. The molecule has 0 bridgehead atoms. The summed E-state index contributed by atoms with van der Waals surface area (Å²) >= 11 is 23.3. The Balaban J connectivity index is 0.000000278. The molecule has 2 atom stereocenters. The monoisotopic (exact) mass is 972 g/mol. The summed E-state index contributed by atoms with van der Waals surface area (Å²) in [6.45, 7) is 4.18. The standard InChI is InChI=1S/C19H19Cl2F3N4O3.C11H16ClN3O2.C8H3ClF3NO.CH4/c20-14-2-1-12(8-13(14)19(22,23)24)26-18(31)28-5-3-27(4-6-28)17-15(21)7-11(9-25-17)16(30)10-29;12-9-5-8(10(17)7-16)6-14-11(9)15-3-1-13-2-4-15;9-7-2-1-5(13-4-14)3-6(7)8(10,11)12;/h1-2,7-9,16,29-30H,3-6,10H2,(H,26,31);5-6,10,13,16-17H,1-4,7H2;1-3H;1H4/t16-;10-;;/m11../s1. The number of hydrogen-bond donors (Lipinski definition) is 6. The van der Waals surface area contributed by atoms with E-state index in [9.17, 15) is 46.1 Å². The molecule has 2 aliphatic heterocycles. The first-order chi connectivity index (χ1) is 29.3. The molecule has 2 aromatic heterocycles. The summed E-state index contributed by atoms with van der Waals surface area (Å²) in [5.74, 6) is 1.21. The van der Waals surface area contributed by atoms with E-state index in [-0.39, 0.29) is 25.4 Å². The number of benzene rings is 2. The summed E-state index contributed by atoms with van der Waals surface area (Å²) < 4.78 is 75.7. The highest BCUT2D eigenvalue weighted by Gasteiger charge is 2.34. The first kappa shape index (κ1) is 52.9. The number of carbonyl (C=O) groups excluding carboxylic acids is 2. The summed E-state index contributed by atoms with van der Waals surface area (Å²) in [6.07, 6.45) is -7.05. The van der Waals surface area contributed by atoms with Gasteiger partial charge in [0.15, 0.2) is 0 Å². The van der Waals surface area contributed by atoms with Gasteiger partial charge in [-0.05, 0) is 48.5 Å². The number of aliphatic hydroxyl groups is 4. The van der Waals surface area contributed by atoms with Crippen molar-refractivity contribution in [1.29, 1.82) is 0 Å². The number of nitrogens with zero attached hydrogens (tertiary/aromatic N) is 6. The van der Waals surface area contributed by atoms with Crippen molar-refractivity contribution < 1.29 is 56.4 Å². The minimum atomic E-state index is -4.63. The van der Waals surface area contributed by atoms with E-state index in [4.69, 9.17) is 56.6 Å². The number of carbonyl (C=O) groups is 1. The van der Waals surface area contributed by atoms with Crippen molar-refractivity contribution in [3.63, 3.8) is 0 Å². The molecule has 2 amide bonds. The van der Waals surface area contributed by atoms with Crippen LogP contribution in [0.2, 0.25) is 20.1 Å². The van der Waals surface area contributed by atoms with Crippen molar-refractivity contribution in [3.8, 4) is 0 Å². The van der Waals surface area contributed by atoms with Gasteiger partial charge in [-0.2, -0.15) is 31.3 Å². The molecule has 0 spiro atoms. The number of aromatic nitrogens is 2. The summed E-state index contributed by atoms with van der Waals surface area (Å²) in [5.41, 5.74) is -1.25. The third-order valence-electron chi connectivity index (χ3n) is 9.04. The smallest absolute Gasteiger partial charge is 0.393 e. The quantitative estimate of drug-likeness (QED) is 0.0573. The number of pyridine rings is 2. The maximum Gasteiger partial charge on any atom is 0.417 e. The lowest BCUT2D eigenvalue weighted by Gasteiger charge is -2.35. The Kier molecular flexibility index (Phi) is 20.1. The molecule has 2 saturated heterocycles. The van der Waals surface area contributed by atoms with Crippen molar-refractivity contribution in [2.45, 2.75) is 32.0 Å². The van der Waals surface area contributed by atoms with Gasteiger partial charge in [0, 0.05) is 81.6 Å². The lowest BCUT2D eigenvalue weighted by molar-refractivity contribution is -0.138. The van der Waals surface area contributed by atoms with Crippen LogP contribution >= 0.6 is 46.4 Å². The second-order valence-electron chi connectivity index (χ2n) is 13.2. The molecule has 0 unspecified atom stereocenters. The third-order valence-corrected chi connectivity index (χ3v) is 10.3. The Bertz CT molecular complexity index is 2190. The van der Waals surface area contributed by atoms with Gasteiger partial charge in [0.2, 0.25) is 6.08 Å². The fourth-order valence-electron chi connectivity index (χ4n) is 5.81. The number of amides is 2. The number of nitrogens with one attached hydrogen (secondary N) is 2. The number of anilines is 3. The molecule has 0 aliphatic carbocycles. The van der Waals surface area contributed by atoms with E-state index >= 15 is 0 Å². The third kappa shape index (κ3) is 15.1. The van der Waals surface area contributed by atoms with Crippen LogP contribution in [-0.4, -0.2) is 113 Å². The molecule has 6 rings (SSSR count). The lowest BCUT2D eigenvalue weighted by Crippen LogP contribution is -2.50. The Labute approximate surface area is 377 Å². The number of halogens is 10. The molecule has 344 valence electrons. The summed E-state index contributed by atoms with van der Waals surface area (Å²) in [4.78, 5) is 39.3. The Morgan fingerprint density at radius 2 is 1.19 bits per heavy atom. The van der Waals surface area contributed by atoms with E-state index < -0.39 is 58.4 Å². The highest BCUT2D eigenvalue weighted by molar-refractivity contribution is 6.33. The van der Waals surface area contributed by atoms with Gasteiger partial charge in [0.25, 0.3) is 0 Å². The van der Waals surface area contributed by atoms with Gasteiger partial charge in [0.1, 0.15) is 23.8 Å². The van der Waals surface area contributed by atoms with Gasteiger partial charge >= 0.3 is 18.4 Å². The van der Waals surface area contributed by atoms with Crippen molar-refractivity contribution in [3.05, 3.63) is 103 Å². The van der Waals surface area contributed by atoms with E-state index in [1.165, 1.54) is 29.3 Å². The van der Waals surface area contributed by atoms with Gasteiger partial charge in [-0.15, -0.1) is 0 Å². The molecule has 24 heteroatoms. The first-order valence-electron chi connectivity index (χ1n) is 18.2. The molecule has 2 aromatic carbocycles. The summed E-state index contributed by atoms with van der Waals surface area (Å²) in [7, 11) is 0. The van der Waals surface area contributed by atoms with Crippen LogP contribution in [0, 0.1) is 0 Å². The SMILES string of the molecule is C.O=C(Nc1ccc(Cl)c(C(F)(F)F)c1)N1CCN(c2ncc([C@H](O)CO)cc2Cl)CC1.O=C=Nc1ccc(Cl)c(C(F)(F)F)c1.OC[C@@H](O)c1cnc(N2CCNCC2)c(Cl)c1. The molecule has 4 aromatic rings. The number of urea groups is 1. The zero-order chi connectivity index (χ0) is 45.8. The highest BCUT2D eigenvalue weighted by Crippen LogP contribution is 2.38. The van der Waals surface area contributed by atoms with Crippen LogP contribution in [0.15, 0.2) is 65.9 Å². The Hall–Kier alpha value is -4.47. The number of hydrogen-bond acceptors (Lipinski definition) is 12. The van der Waals surface area contributed by atoms with Crippen molar-refractivity contribution in [2.75, 3.05) is 80.7 Å². The van der Waals surface area contributed by atoms with E-state index in [0.29, 0.717) is 59.2 Å². The normalized spacial score (nSPS) is 15.0. The molecule has 0 radical (unpaired) electrons.